The van der Waals surface area contributed by atoms with Gasteiger partial charge in [0.2, 0.25) is 0 Å². The van der Waals surface area contributed by atoms with E-state index in [1.54, 1.807) is 69.3 Å². The van der Waals surface area contributed by atoms with Crippen LogP contribution in [0.2, 0.25) is 0 Å². The summed E-state index contributed by atoms with van der Waals surface area (Å²) >= 11 is 0. The molecule has 0 spiro atoms. The maximum atomic E-state index is 13.3. The Kier molecular flexibility index (Phi) is 6.36. The Bertz CT molecular complexity index is 1120. The van der Waals surface area contributed by atoms with Crippen molar-refractivity contribution in [1.29, 1.82) is 0 Å². The van der Waals surface area contributed by atoms with Crippen LogP contribution in [0.4, 0.5) is 4.79 Å². The van der Waals surface area contributed by atoms with E-state index in [2.05, 4.69) is 0 Å². The molecule has 1 N–H and O–H groups in total. The van der Waals surface area contributed by atoms with Gasteiger partial charge in [-0.15, -0.1) is 0 Å². The van der Waals surface area contributed by atoms with Crippen LogP contribution in [0.15, 0.2) is 60.2 Å². The summed E-state index contributed by atoms with van der Waals surface area (Å²) < 4.78 is 31.8. The molecule has 1 aliphatic rings. The van der Waals surface area contributed by atoms with Crippen molar-refractivity contribution in [3.8, 4) is 0 Å². The topological polar surface area (TPSA) is 97.7 Å². The molecule has 0 heterocycles. The molecule has 2 atom stereocenters. The lowest BCUT2D eigenvalue weighted by atomic mass is 9.76. The number of rotatable bonds is 6. The third-order valence-electron chi connectivity index (χ3n) is 5.67. The molecule has 0 aromatic heterocycles. The quantitative estimate of drug-likeness (QED) is 0.631. The molecule has 3 rings (SSSR count). The molecular weight excluding hydrogens is 416 g/mol. The minimum atomic E-state index is -4.35. The number of hydrogen-bond acceptors (Lipinski definition) is 5. The van der Waals surface area contributed by atoms with E-state index >= 15 is 0 Å². The van der Waals surface area contributed by atoms with E-state index < -0.39 is 37.7 Å². The number of aliphatic carboxylic acids is 1. The average molecular weight is 443 g/mol. The van der Waals surface area contributed by atoms with Crippen molar-refractivity contribution in [2.45, 2.75) is 39.0 Å². The molecule has 164 valence electrons. The van der Waals surface area contributed by atoms with Gasteiger partial charge in [-0.25, -0.2) is 13.2 Å². The molecule has 0 bridgehead atoms. The first-order chi connectivity index (χ1) is 14.5. The number of carboxylic acids is 1. The van der Waals surface area contributed by atoms with Crippen molar-refractivity contribution >= 4 is 27.2 Å². The van der Waals surface area contributed by atoms with Gasteiger partial charge < -0.3 is 9.84 Å². The molecule has 6 nitrogen and oxygen atoms in total. The van der Waals surface area contributed by atoms with Gasteiger partial charge in [-0.1, -0.05) is 73.2 Å². The van der Waals surface area contributed by atoms with Gasteiger partial charge >= 0.3 is 11.3 Å². The van der Waals surface area contributed by atoms with Crippen LogP contribution >= 0.6 is 0 Å². The standard InChI is InChI=1S/C24H26O6S/c1-16-19(14-24(2,3)22(25)26)13-18-11-7-8-12-20(18)21(16)31(28,29)23(27)30-15-17-9-5-4-6-10-17/h4-13,16,21H,14-15H2,1-3H3,(H,25,26)/t16-,21?/m1/s1. The Morgan fingerprint density at radius 3 is 2.29 bits per heavy atom. The summed E-state index contributed by atoms with van der Waals surface area (Å²) in [4.78, 5) is 24.3. The lowest BCUT2D eigenvalue weighted by molar-refractivity contribution is -0.146. The summed E-state index contributed by atoms with van der Waals surface area (Å²) in [5.41, 5.74) is 1.47. The Morgan fingerprint density at radius 1 is 1.03 bits per heavy atom. The highest BCUT2D eigenvalue weighted by Gasteiger charge is 2.44. The van der Waals surface area contributed by atoms with Crippen molar-refractivity contribution in [1.82, 2.24) is 0 Å². The molecule has 1 aliphatic carbocycles. The molecule has 2 aromatic carbocycles. The highest BCUT2D eigenvalue weighted by atomic mass is 32.2. The Hall–Kier alpha value is -2.93. The average Bonchev–Trinajstić information content (AvgIpc) is 2.72. The summed E-state index contributed by atoms with van der Waals surface area (Å²) in [5.74, 6) is -1.55. The molecular formula is C24H26O6S. The van der Waals surface area contributed by atoms with E-state index in [1.807, 2.05) is 12.1 Å². The number of benzene rings is 2. The second kappa shape index (κ2) is 8.67. The number of carbonyl (C=O) groups excluding carboxylic acids is 1. The molecule has 7 heteroatoms. The molecule has 0 saturated carbocycles. The summed E-state index contributed by atoms with van der Waals surface area (Å²) in [6.45, 7) is 4.77. The van der Waals surface area contributed by atoms with Crippen LogP contribution in [-0.2, 0) is 26.0 Å². The second-order valence-corrected chi connectivity index (χ2v) is 10.4. The Labute approximate surface area is 182 Å². The molecule has 2 aromatic rings. The summed E-state index contributed by atoms with van der Waals surface area (Å²) in [5, 5.41) is 7.11. The van der Waals surface area contributed by atoms with E-state index in [9.17, 15) is 23.1 Å². The van der Waals surface area contributed by atoms with Crippen molar-refractivity contribution in [2.24, 2.45) is 11.3 Å². The maximum Gasteiger partial charge on any atom is 0.425 e. The minimum absolute atomic E-state index is 0.142. The summed E-state index contributed by atoms with van der Waals surface area (Å²) in [7, 11) is -4.35. The first-order valence-corrected chi connectivity index (χ1v) is 11.6. The van der Waals surface area contributed by atoms with Gasteiger partial charge in [-0.2, -0.15) is 0 Å². The summed E-state index contributed by atoms with van der Waals surface area (Å²) in [6.07, 6.45) is 2.01. The van der Waals surface area contributed by atoms with Crippen LogP contribution in [0.1, 0.15) is 49.1 Å². The fourth-order valence-electron chi connectivity index (χ4n) is 3.83. The van der Waals surface area contributed by atoms with Crippen LogP contribution in [0.25, 0.3) is 6.08 Å². The number of ether oxygens (including phenoxy) is 1. The number of hydrogen-bond donors (Lipinski definition) is 1. The number of allylic oxidation sites excluding steroid dienone is 1. The van der Waals surface area contributed by atoms with E-state index in [0.717, 1.165) is 0 Å². The van der Waals surface area contributed by atoms with Crippen molar-refractivity contribution in [3.63, 3.8) is 0 Å². The lowest BCUT2D eigenvalue weighted by Gasteiger charge is -2.33. The third kappa shape index (κ3) is 4.71. The molecule has 0 radical (unpaired) electrons. The van der Waals surface area contributed by atoms with Crippen molar-refractivity contribution < 1.29 is 27.9 Å². The number of sulfone groups is 1. The van der Waals surface area contributed by atoms with Gasteiger partial charge in [0.15, 0.2) is 0 Å². The fourth-order valence-corrected chi connectivity index (χ4v) is 5.52. The van der Waals surface area contributed by atoms with Gasteiger partial charge in [0.25, 0.3) is 9.84 Å². The first-order valence-electron chi connectivity index (χ1n) is 10.0. The maximum absolute atomic E-state index is 13.3. The van der Waals surface area contributed by atoms with Crippen molar-refractivity contribution in [3.05, 3.63) is 76.9 Å². The highest BCUT2D eigenvalue weighted by Crippen LogP contribution is 2.45. The molecule has 0 aliphatic heterocycles. The number of fused-ring (bicyclic) bond motifs is 1. The van der Waals surface area contributed by atoms with E-state index in [0.29, 0.717) is 22.3 Å². The molecule has 0 fully saturated rings. The van der Waals surface area contributed by atoms with Crippen molar-refractivity contribution in [2.75, 3.05) is 0 Å². The van der Waals surface area contributed by atoms with Gasteiger partial charge in [0, 0.05) is 0 Å². The monoisotopic (exact) mass is 442 g/mol. The largest absolute Gasteiger partial charge is 0.481 e. The van der Waals surface area contributed by atoms with E-state index in [4.69, 9.17) is 4.74 Å². The Balaban J connectivity index is 1.94. The fraction of sp³-hybridized carbons (Fsp3) is 0.333. The zero-order valence-electron chi connectivity index (χ0n) is 17.7. The third-order valence-corrected chi connectivity index (χ3v) is 7.59. The zero-order valence-corrected chi connectivity index (χ0v) is 18.6. The number of carboxylic acid groups (broad SMARTS) is 1. The molecule has 31 heavy (non-hydrogen) atoms. The first kappa shape index (κ1) is 22.7. The SMILES string of the molecule is C[C@@H]1C(CC(C)(C)C(=O)O)=Cc2ccccc2C1S(=O)(=O)C(=O)OCc1ccccc1. The van der Waals surface area contributed by atoms with Crippen LogP contribution in [0.3, 0.4) is 0 Å². The summed E-state index contributed by atoms with van der Waals surface area (Å²) in [6, 6.07) is 15.8. The van der Waals surface area contributed by atoms with Gasteiger partial charge in [-0.3, -0.25) is 4.79 Å². The van der Waals surface area contributed by atoms with Gasteiger partial charge in [-0.05, 0) is 42.9 Å². The molecule has 1 unspecified atom stereocenters. The van der Waals surface area contributed by atoms with E-state index in [-0.39, 0.29) is 13.0 Å². The van der Waals surface area contributed by atoms with Gasteiger partial charge in [0.1, 0.15) is 11.9 Å². The lowest BCUT2D eigenvalue weighted by Crippen LogP contribution is -2.33. The minimum Gasteiger partial charge on any atom is -0.481 e. The Morgan fingerprint density at radius 2 is 1.65 bits per heavy atom. The smallest absolute Gasteiger partial charge is 0.425 e. The molecule has 0 saturated heterocycles. The molecule has 0 amide bonds. The van der Waals surface area contributed by atoms with E-state index in [1.165, 1.54) is 0 Å². The highest BCUT2D eigenvalue weighted by molar-refractivity contribution is 8.05. The predicted molar refractivity (Wildman–Crippen MR) is 118 cm³/mol. The van der Waals surface area contributed by atoms with Crippen LogP contribution in [-0.4, -0.2) is 24.8 Å². The van der Waals surface area contributed by atoms with Crippen LogP contribution in [0, 0.1) is 11.3 Å². The normalized spacial score (nSPS) is 18.6. The van der Waals surface area contributed by atoms with Crippen LogP contribution in [0.5, 0.6) is 0 Å². The van der Waals surface area contributed by atoms with Gasteiger partial charge in [0.05, 0.1) is 5.41 Å². The van der Waals surface area contributed by atoms with Crippen LogP contribution < -0.4 is 0 Å². The second-order valence-electron chi connectivity index (χ2n) is 8.49. The zero-order chi connectivity index (χ0) is 22.8. The number of carbonyl (C=O) groups is 2. The predicted octanol–water partition coefficient (Wildman–Crippen LogP) is 5.01.